The van der Waals surface area contributed by atoms with Gasteiger partial charge >= 0.3 is 6.09 Å². The summed E-state index contributed by atoms with van der Waals surface area (Å²) in [6.45, 7) is 2.44. The zero-order valence-corrected chi connectivity index (χ0v) is 9.73. The summed E-state index contributed by atoms with van der Waals surface area (Å²) in [5.41, 5.74) is 0.834. The second-order valence-corrected chi connectivity index (χ2v) is 3.72. The largest absolute Gasteiger partial charge is 0.450 e. The lowest BCUT2D eigenvalue weighted by atomic mass is 10.2. The molecule has 0 bridgehead atoms. The maximum absolute atomic E-state index is 11.0. The molecule has 15 heavy (non-hydrogen) atoms. The van der Waals surface area contributed by atoms with Gasteiger partial charge in [0.05, 0.1) is 6.61 Å². The van der Waals surface area contributed by atoms with Gasteiger partial charge in [0.25, 0.3) is 0 Å². The molecule has 0 saturated heterocycles. The standard InChI is InChI=1S/C10H11Cl2NO2/c1-2-15-10(14)13-6-7-3-8(11)5-9(12)4-7/h3-5H,2,6H2,1H3,(H,13,14). The van der Waals surface area contributed by atoms with Crippen LogP contribution in [0.5, 0.6) is 0 Å². The van der Waals surface area contributed by atoms with Crippen LogP contribution < -0.4 is 5.32 Å². The Bertz CT molecular complexity index is 335. The topological polar surface area (TPSA) is 38.3 Å². The van der Waals surface area contributed by atoms with Gasteiger partial charge in [-0.25, -0.2) is 4.79 Å². The second-order valence-electron chi connectivity index (χ2n) is 2.85. The summed E-state index contributed by atoms with van der Waals surface area (Å²) in [4.78, 5) is 11.0. The number of halogens is 2. The number of hydrogen-bond acceptors (Lipinski definition) is 2. The summed E-state index contributed by atoms with van der Waals surface area (Å²) in [5.74, 6) is 0. The average molecular weight is 248 g/mol. The van der Waals surface area contributed by atoms with Gasteiger partial charge in [-0.3, -0.25) is 0 Å². The number of nitrogens with one attached hydrogen (secondary N) is 1. The van der Waals surface area contributed by atoms with Crippen molar-refractivity contribution in [2.75, 3.05) is 6.61 Å². The summed E-state index contributed by atoms with van der Waals surface area (Å²) in [6.07, 6.45) is -0.450. The van der Waals surface area contributed by atoms with E-state index in [9.17, 15) is 4.79 Å². The zero-order valence-electron chi connectivity index (χ0n) is 8.22. The second kappa shape index (κ2) is 5.83. The molecule has 0 aliphatic carbocycles. The number of ether oxygens (including phenoxy) is 1. The molecule has 0 unspecified atom stereocenters. The van der Waals surface area contributed by atoms with E-state index >= 15 is 0 Å². The van der Waals surface area contributed by atoms with Crippen LogP contribution >= 0.6 is 23.2 Å². The van der Waals surface area contributed by atoms with Gasteiger partial charge in [-0.2, -0.15) is 0 Å². The molecule has 0 spiro atoms. The summed E-state index contributed by atoms with van der Waals surface area (Å²) < 4.78 is 4.71. The molecule has 0 aliphatic heterocycles. The minimum Gasteiger partial charge on any atom is -0.450 e. The lowest BCUT2D eigenvalue weighted by molar-refractivity contribution is 0.151. The highest BCUT2D eigenvalue weighted by molar-refractivity contribution is 6.34. The molecular formula is C10H11Cl2NO2. The normalized spacial score (nSPS) is 9.80. The van der Waals surface area contributed by atoms with E-state index in [-0.39, 0.29) is 0 Å². The molecule has 0 heterocycles. The van der Waals surface area contributed by atoms with Crippen LogP contribution in [0.3, 0.4) is 0 Å². The molecule has 1 N–H and O–H groups in total. The molecule has 0 fully saturated rings. The van der Waals surface area contributed by atoms with E-state index in [1.165, 1.54) is 0 Å². The number of alkyl carbamates (subject to hydrolysis) is 1. The van der Waals surface area contributed by atoms with Gasteiger partial charge in [0.2, 0.25) is 0 Å². The van der Waals surface area contributed by atoms with Gasteiger partial charge in [-0.1, -0.05) is 23.2 Å². The maximum atomic E-state index is 11.0. The monoisotopic (exact) mass is 247 g/mol. The zero-order chi connectivity index (χ0) is 11.3. The molecule has 3 nitrogen and oxygen atoms in total. The highest BCUT2D eigenvalue weighted by atomic mass is 35.5. The third-order valence-corrected chi connectivity index (χ3v) is 2.07. The molecule has 5 heteroatoms. The summed E-state index contributed by atoms with van der Waals surface area (Å²) in [5, 5.41) is 3.67. The number of rotatable bonds is 3. The van der Waals surface area contributed by atoms with Crippen LogP contribution in [0.1, 0.15) is 12.5 Å². The van der Waals surface area contributed by atoms with Crippen molar-refractivity contribution in [1.29, 1.82) is 0 Å². The van der Waals surface area contributed by atoms with Crippen molar-refractivity contribution >= 4 is 29.3 Å². The Labute approximate surface area is 98.3 Å². The Morgan fingerprint density at radius 3 is 2.47 bits per heavy atom. The van der Waals surface area contributed by atoms with Crippen LogP contribution in [0.15, 0.2) is 18.2 Å². The first kappa shape index (κ1) is 12.1. The first-order chi connectivity index (χ1) is 7.11. The molecule has 1 amide bonds. The number of amides is 1. The molecule has 0 aliphatic rings. The fourth-order valence-electron chi connectivity index (χ4n) is 1.07. The van der Waals surface area contributed by atoms with Crippen LogP contribution in [0, 0.1) is 0 Å². The van der Waals surface area contributed by atoms with Crippen LogP contribution in [-0.2, 0) is 11.3 Å². The minimum atomic E-state index is -0.450. The van der Waals surface area contributed by atoms with E-state index in [4.69, 9.17) is 27.9 Å². The van der Waals surface area contributed by atoms with E-state index in [2.05, 4.69) is 5.32 Å². The average Bonchev–Trinajstić information content (AvgIpc) is 2.14. The van der Waals surface area contributed by atoms with Crippen molar-refractivity contribution < 1.29 is 9.53 Å². The van der Waals surface area contributed by atoms with Gasteiger partial charge in [0, 0.05) is 16.6 Å². The first-order valence-corrected chi connectivity index (χ1v) is 5.23. The summed E-state index contributed by atoms with van der Waals surface area (Å²) >= 11 is 11.6. The van der Waals surface area contributed by atoms with Crippen molar-refractivity contribution in [1.82, 2.24) is 5.32 Å². The fraction of sp³-hybridized carbons (Fsp3) is 0.300. The number of hydrogen-bond donors (Lipinski definition) is 1. The third kappa shape index (κ3) is 4.40. The smallest absolute Gasteiger partial charge is 0.407 e. The minimum absolute atomic E-state index is 0.346. The molecule has 0 saturated carbocycles. The molecule has 82 valence electrons. The highest BCUT2D eigenvalue weighted by Gasteiger charge is 2.02. The maximum Gasteiger partial charge on any atom is 0.407 e. The summed E-state index contributed by atoms with van der Waals surface area (Å²) in [7, 11) is 0. The van der Waals surface area contributed by atoms with Crippen molar-refractivity contribution in [3.8, 4) is 0 Å². The van der Waals surface area contributed by atoms with E-state index in [0.29, 0.717) is 23.2 Å². The highest BCUT2D eigenvalue weighted by Crippen LogP contribution is 2.18. The Hall–Kier alpha value is -0.930. The van der Waals surface area contributed by atoms with E-state index < -0.39 is 6.09 Å². The number of carbonyl (C=O) groups is 1. The Morgan fingerprint density at radius 2 is 1.93 bits per heavy atom. The number of benzene rings is 1. The quantitative estimate of drug-likeness (QED) is 0.891. The van der Waals surface area contributed by atoms with Gasteiger partial charge in [-0.05, 0) is 30.7 Å². The van der Waals surface area contributed by atoms with Crippen LogP contribution in [0.4, 0.5) is 4.79 Å². The fourth-order valence-corrected chi connectivity index (χ4v) is 1.64. The van der Waals surface area contributed by atoms with Crippen molar-refractivity contribution in [2.24, 2.45) is 0 Å². The van der Waals surface area contributed by atoms with Crippen molar-refractivity contribution in [2.45, 2.75) is 13.5 Å². The predicted molar refractivity (Wildman–Crippen MR) is 60.3 cm³/mol. The van der Waals surface area contributed by atoms with Crippen molar-refractivity contribution in [3.05, 3.63) is 33.8 Å². The molecule has 0 aromatic heterocycles. The van der Waals surface area contributed by atoms with Gasteiger partial charge < -0.3 is 10.1 Å². The Kier molecular flexibility index (Phi) is 4.72. The molecule has 0 radical (unpaired) electrons. The first-order valence-electron chi connectivity index (χ1n) is 4.47. The van der Waals surface area contributed by atoms with Gasteiger partial charge in [-0.15, -0.1) is 0 Å². The van der Waals surface area contributed by atoms with Crippen LogP contribution in [0.25, 0.3) is 0 Å². The lowest BCUT2D eigenvalue weighted by Gasteiger charge is -2.06. The molecule has 1 aromatic rings. The summed E-state index contributed by atoms with van der Waals surface area (Å²) in [6, 6.07) is 5.11. The van der Waals surface area contributed by atoms with E-state index in [1.807, 2.05) is 0 Å². The molecule has 1 aromatic carbocycles. The van der Waals surface area contributed by atoms with Crippen molar-refractivity contribution in [3.63, 3.8) is 0 Å². The van der Waals surface area contributed by atoms with E-state index in [1.54, 1.807) is 25.1 Å². The van der Waals surface area contributed by atoms with Gasteiger partial charge in [0.1, 0.15) is 0 Å². The lowest BCUT2D eigenvalue weighted by Crippen LogP contribution is -2.23. The molecule has 0 atom stereocenters. The number of carbonyl (C=O) groups excluding carboxylic acids is 1. The van der Waals surface area contributed by atoms with Crippen LogP contribution in [0.2, 0.25) is 10.0 Å². The van der Waals surface area contributed by atoms with Crippen LogP contribution in [-0.4, -0.2) is 12.7 Å². The third-order valence-electron chi connectivity index (χ3n) is 1.63. The molecular weight excluding hydrogens is 237 g/mol. The van der Waals surface area contributed by atoms with Gasteiger partial charge in [0.15, 0.2) is 0 Å². The Morgan fingerprint density at radius 1 is 1.33 bits per heavy atom. The predicted octanol–water partition coefficient (Wildman–Crippen LogP) is 3.24. The molecule has 1 rings (SSSR count). The SMILES string of the molecule is CCOC(=O)NCc1cc(Cl)cc(Cl)c1. The Balaban J connectivity index is 2.54. The van der Waals surface area contributed by atoms with E-state index in [0.717, 1.165) is 5.56 Å².